The molecule has 0 bridgehead atoms. The van der Waals surface area contributed by atoms with Gasteiger partial charge in [0.2, 0.25) is 0 Å². The molecule has 2 nitrogen and oxygen atoms in total. The first-order valence-corrected chi connectivity index (χ1v) is 7.87. The minimum absolute atomic E-state index is 0.446. The van der Waals surface area contributed by atoms with Crippen molar-refractivity contribution in [2.75, 3.05) is 5.88 Å². The van der Waals surface area contributed by atoms with E-state index < -0.39 is 6.10 Å². The van der Waals surface area contributed by atoms with Crippen molar-refractivity contribution in [1.82, 2.24) is 0 Å². The molecule has 1 atom stereocenters. The van der Waals surface area contributed by atoms with Crippen LogP contribution in [0.4, 0.5) is 0 Å². The predicted octanol–water partition coefficient (Wildman–Crippen LogP) is 5.57. The summed E-state index contributed by atoms with van der Waals surface area (Å²) in [6.45, 7) is 0. The highest BCUT2D eigenvalue weighted by Crippen LogP contribution is 2.26. The van der Waals surface area contributed by atoms with E-state index in [1.165, 1.54) is 0 Å². The Labute approximate surface area is 135 Å². The van der Waals surface area contributed by atoms with E-state index in [9.17, 15) is 5.11 Å². The molecule has 0 saturated heterocycles. The molecule has 0 spiro atoms. The molecule has 1 N–H and O–H groups in total. The van der Waals surface area contributed by atoms with Crippen LogP contribution < -0.4 is 4.74 Å². The summed E-state index contributed by atoms with van der Waals surface area (Å²) >= 11 is 11.5. The summed E-state index contributed by atoms with van der Waals surface area (Å²) < 4.78 is 5.71. The molecule has 1 unspecified atom stereocenters. The van der Waals surface area contributed by atoms with Gasteiger partial charge in [0.15, 0.2) is 0 Å². The normalized spacial score (nSPS) is 12.1. The first-order chi connectivity index (χ1) is 10.2. The van der Waals surface area contributed by atoms with E-state index in [1.807, 2.05) is 36.4 Å². The SMILES string of the molecule is OC(CCCCCl)c1ccc(Oc2ccc(Cl)cc2)cc1. The van der Waals surface area contributed by atoms with Crippen LogP contribution in [0.25, 0.3) is 0 Å². The fourth-order valence-electron chi connectivity index (χ4n) is 2.00. The zero-order chi connectivity index (χ0) is 15.1. The maximum atomic E-state index is 10.1. The predicted molar refractivity (Wildman–Crippen MR) is 87.5 cm³/mol. The molecule has 0 aliphatic carbocycles. The minimum atomic E-state index is -0.446. The van der Waals surface area contributed by atoms with Crippen LogP contribution in [0.1, 0.15) is 30.9 Å². The standard InChI is InChI=1S/C17H18Cl2O2/c18-12-2-1-3-17(20)13-4-8-15(9-5-13)21-16-10-6-14(19)7-11-16/h4-11,17,20H,1-3,12H2. The lowest BCUT2D eigenvalue weighted by Crippen LogP contribution is -1.97. The van der Waals surface area contributed by atoms with E-state index in [0.29, 0.717) is 10.9 Å². The average Bonchev–Trinajstić information content (AvgIpc) is 2.50. The highest BCUT2D eigenvalue weighted by molar-refractivity contribution is 6.30. The molecule has 2 aromatic rings. The van der Waals surface area contributed by atoms with E-state index in [2.05, 4.69) is 0 Å². The van der Waals surface area contributed by atoms with E-state index in [0.717, 1.165) is 36.3 Å². The Kier molecular flexibility index (Phi) is 6.37. The lowest BCUT2D eigenvalue weighted by Gasteiger charge is -2.11. The molecule has 0 amide bonds. The average molecular weight is 325 g/mol. The first kappa shape index (κ1) is 16.2. The van der Waals surface area contributed by atoms with Crippen molar-refractivity contribution in [3.63, 3.8) is 0 Å². The van der Waals surface area contributed by atoms with E-state index in [-0.39, 0.29) is 0 Å². The summed E-state index contributed by atoms with van der Waals surface area (Å²) in [6, 6.07) is 14.7. The molecule has 2 aromatic carbocycles. The smallest absolute Gasteiger partial charge is 0.127 e. The quantitative estimate of drug-likeness (QED) is 0.532. The van der Waals surface area contributed by atoms with Crippen molar-refractivity contribution in [2.45, 2.75) is 25.4 Å². The van der Waals surface area contributed by atoms with Gasteiger partial charge in [-0.25, -0.2) is 0 Å². The maximum Gasteiger partial charge on any atom is 0.127 e. The van der Waals surface area contributed by atoms with Gasteiger partial charge in [0.05, 0.1) is 6.10 Å². The molecule has 0 heterocycles. The Morgan fingerprint density at radius 2 is 1.48 bits per heavy atom. The highest BCUT2D eigenvalue weighted by Gasteiger charge is 2.07. The Morgan fingerprint density at radius 1 is 0.905 bits per heavy atom. The number of alkyl halides is 1. The summed E-state index contributed by atoms with van der Waals surface area (Å²) in [4.78, 5) is 0. The highest BCUT2D eigenvalue weighted by atomic mass is 35.5. The Bertz CT molecular complexity index is 538. The van der Waals surface area contributed by atoms with Crippen molar-refractivity contribution < 1.29 is 9.84 Å². The fourth-order valence-corrected chi connectivity index (χ4v) is 2.31. The zero-order valence-corrected chi connectivity index (χ0v) is 13.1. The number of hydrogen-bond acceptors (Lipinski definition) is 2. The third-order valence-corrected chi connectivity index (χ3v) is 3.69. The Balaban J connectivity index is 1.93. The van der Waals surface area contributed by atoms with Crippen LogP contribution in [0.15, 0.2) is 48.5 Å². The number of aliphatic hydroxyl groups is 1. The minimum Gasteiger partial charge on any atom is -0.457 e. The molecule has 4 heteroatoms. The summed E-state index contributed by atoms with van der Waals surface area (Å²) in [6.07, 6.45) is 2.13. The van der Waals surface area contributed by atoms with Crippen molar-refractivity contribution in [3.8, 4) is 11.5 Å². The van der Waals surface area contributed by atoms with Crippen LogP contribution in [0.2, 0.25) is 5.02 Å². The van der Waals surface area contributed by atoms with Gasteiger partial charge in [-0.1, -0.05) is 23.7 Å². The topological polar surface area (TPSA) is 29.5 Å². The van der Waals surface area contributed by atoms with E-state index in [4.69, 9.17) is 27.9 Å². The van der Waals surface area contributed by atoms with Crippen molar-refractivity contribution in [2.24, 2.45) is 0 Å². The molecule has 0 fully saturated rings. The van der Waals surface area contributed by atoms with Crippen LogP contribution in [-0.2, 0) is 0 Å². The molecule has 21 heavy (non-hydrogen) atoms. The van der Waals surface area contributed by atoms with Gasteiger partial charge < -0.3 is 9.84 Å². The molecule has 0 aromatic heterocycles. The summed E-state index contributed by atoms with van der Waals surface area (Å²) in [7, 11) is 0. The molecule has 112 valence electrons. The molecular weight excluding hydrogens is 307 g/mol. The third-order valence-electron chi connectivity index (χ3n) is 3.18. The van der Waals surface area contributed by atoms with Gasteiger partial charge in [0, 0.05) is 10.9 Å². The first-order valence-electron chi connectivity index (χ1n) is 6.96. The van der Waals surface area contributed by atoms with Crippen LogP contribution >= 0.6 is 23.2 Å². The molecule has 0 radical (unpaired) electrons. The van der Waals surface area contributed by atoms with Gasteiger partial charge in [0.25, 0.3) is 0 Å². The van der Waals surface area contributed by atoms with Gasteiger partial charge in [-0.05, 0) is 61.2 Å². The molecule has 2 rings (SSSR count). The summed E-state index contributed by atoms with van der Waals surface area (Å²) in [5.41, 5.74) is 0.896. The summed E-state index contributed by atoms with van der Waals surface area (Å²) in [5.74, 6) is 2.10. The van der Waals surface area contributed by atoms with Crippen LogP contribution in [0, 0.1) is 0 Å². The third kappa shape index (κ3) is 5.24. The molecule has 0 aliphatic heterocycles. The van der Waals surface area contributed by atoms with Gasteiger partial charge in [-0.3, -0.25) is 0 Å². The number of halogens is 2. The van der Waals surface area contributed by atoms with E-state index in [1.54, 1.807) is 12.1 Å². The van der Waals surface area contributed by atoms with Crippen LogP contribution in [0.3, 0.4) is 0 Å². The number of unbranched alkanes of at least 4 members (excludes halogenated alkanes) is 1. The second-order valence-electron chi connectivity index (χ2n) is 4.83. The van der Waals surface area contributed by atoms with Gasteiger partial charge >= 0.3 is 0 Å². The van der Waals surface area contributed by atoms with Crippen molar-refractivity contribution in [1.29, 1.82) is 0 Å². The Hall–Kier alpha value is -1.22. The van der Waals surface area contributed by atoms with Crippen LogP contribution in [0.5, 0.6) is 11.5 Å². The van der Waals surface area contributed by atoms with Crippen molar-refractivity contribution in [3.05, 3.63) is 59.1 Å². The lowest BCUT2D eigenvalue weighted by atomic mass is 10.0. The zero-order valence-electron chi connectivity index (χ0n) is 11.6. The van der Waals surface area contributed by atoms with Gasteiger partial charge in [-0.2, -0.15) is 0 Å². The second kappa shape index (κ2) is 8.28. The van der Waals surface area contributed by atoms with Crippen molar-refractivity contribution >= 4 is 23.2 Å². The Morgan fingerprint density at radius 3 is 2.05 bits per heavy atom. The molecular formula is C17H18Cl2O2. The van der Waals surface area contributed by atoms with Crippen LogP contribution in [-0.4, -0.2) is 11.0 Å². The second-order valence-corrected chi connectivity index (χ2v) is 5.64. The maximum absolute atomic E-state index is 10.1. The monoisotopic (exact) mass is 324 g/mol. The molecule has 0 saturated carbocycles. The lowest BCUT2D eigenvalue weighted by molar-refractivity contribution is 0.164. The van der Waals surface area contributed by atoms with E-state index >= 15 is 0 Å². The molecule has 0 aliphatic rings. The fraction of sp³-hybridized carbons (Fsp3) is 0.294. The number of aliphatic hydroxyl groups excluding tert-OH is 1. The number of benzene rings is 2. The van der Waals surface area contributed by atoms with Gasteiger partial charge in [0.1, 0.15) is 11.5 Å². The number of ether oxygens (including phenoxy) is 1. The van der Waals surface area contributed by atoms with Gasteiger partial charge in [-0.15, -0.1) is 11.6 Å². The number of rotatable bonds is 7. The number of hydrogen-bond donors (Lipinski definition) is 1. The summed E-state index contributed by atoms with van der Waals surface area (Å²) in [5, 5.41) is 10.7. The largest absolute Gasteiger partial charge is 0.457 e.